The van der Waals surface area contributed by atoms with Gasteiger partial charge in [0.05, 0.1) is 0 Å². The summed E-state index contributed by atoms with van der Waals surface area (Å²) in [5.41, 5.74) is 5.46. The maximum atomic E-state index is 11.9. The monoisotopic (exact) mass is 260 g/mol. The lowest BCUT2D eigenvalue weighted by Gasteiger charge is -2.10. The fourth-order valence-electron chi connectivity index (χ4n) is 2.39. The van der Waals surface area contributed by atoms with Gasteiger partial charge in [0.25, 0.3) is 5.91 Å². The molecule has 1 aromatic rings. The first-order chi connectivity index (χ1) is 9.01. The van der Waals surface area contributed by atoms with Crippen molar-refractivity contribution in [2.75, 3.05) is 7.05 Å². The molecule has 0 saturated carbocycles. The summed E-state index contributed by atoms with van der Waals surface area (Å²) in [6, 6.07) is 1.97. The van der Waals surface area contributed by atoms with E-state index in [1.165, 1.54) is 11.1 Å². The molecule has 19 heavy (non-hydrogen) atoms. The fourth-order valence-corrected chi connectivity index (χ4v) is 2.39. The summed E-state index contributed by atoms with van der Waals surface area (Å²) in [5, 5.41) is 2.68. The summed E-state index contributed by atoms with van der Waals surface area (Å²) >= 11 is 0. The fraction of sp³-hybridized carbons (Fsp3) is 0.438. The van der Waals surface area contributed by atoms with Crippen LogP contribution in [0.25, 0.3) is 11.6 Å². The predicted octanol–water partition coefficient (Wildman–Crippen LogP) is 3.62. The minimum atomic E-state index is -0.0681. The van der Waals surface area contributed by atoms with Crippen LogP contribution in [0.15, 0.2) is 18.2 Å². The van der Waals surface area contributed by atoms with Gasteiger partial charge in [-0.2, -0.15) is 0 Å². The van der Waals surface area contributed by atoms with Gasteiger partial charge < -0.3 is 9.88 Å². The van der Waals surface area contributed by atoms with Gasteiger partial charge >= 0.3 is 0 Å². The number of amides is 1. The Morgan fingerprint density at radius 1 is 1.42 bits per heavy atom. The first kappa shape index (κ1) is 15.3. The topological polar surface area (TPSA) is 34.0 Å². The van der Waals surface area contributed by atoms with Crippen LogP contribution in [0, 0.1) is 0 Å². The van der Waals surface area contributed by atoms with E-state index in [0.29, 0.717) is 5.69 Å². The van der Waals surface area contributed by atoms with Gasteiger partial charge in [0.15, 0.2) is 0 Å². The normalized spacial score (nSPS) is 12.1. The third-order valence-corrected chi connectivity index (χ3v) is 3.66. The molecule has 0 unspecified atom stereocenters. The Hall–Kier alpha value is -1.77. The molecule has 0 saturated heterocycles. The molecule has 0 aromatic carbocycles. The van der Waals surface area contributed by atoms with Gasteiger partial charge in [-0.1, -0.05) is 26.0 Å². The van der Waals surface area contributed by atoms with Crippen LogP contribution >= 0.6 is 0 Å². The molecule has 0 aliphatic carbocycles. The molecular formula is C16H24N2O. The van der Waals surface area contributed by atoms with Gasteiger partial charge in [0.1, 0.15) is 5.69 Å². The third-order valence-electron chi connectivity index (χ3n) is 3.66. The van der Waals surface area contributed by atoms with Crippen molar-refractivity contribution in [3.8, 4) is 0 Å². The van der Waals surface area contributed by atoms with Crippen LogP contribution in [0.4, 0.5) is 0 Å². The van der Waals surface area contributed by atoms with Gasteiger partial charge in [-0.15, -0.1) is 0 Å². The second kappa shape index (κ2) is 6.41. The van der Waals surface area contributed by atoms with E-state index in [1.54, 1.807) is 7.05 Å². The van der Waals surface area contributed by atoms with Crippen molar-refractivity contribution in [2.45, 2.75) is 33.6 Å². The number of rotatable bonds is 5. The van der Waals surface area contributed by atoms with Crippen molar-refractivity contribution in [2.24, 2.45) is 7.05 Å². The molecule has 1 N–H and O–H groups in total. The summed E-state index contributed by atoms with van der Waals surface area (Å²) in [7, 11) is 3.55. The number of hydrogen-bond donors (Lipinski definition) is 1. The van der Waals surface area contributed by atoms with Crippen LogP contribution in [0.1, 0.15) is 55.4 Å². The van der Waals surface area contributed by atoms with Gasteiger partial charge in [-0.3, -0.25) is 4.79 Å². The van der Waals surface area contributed by atoms with Crippen molar-refractivity contribution >= 4 is 17.6 Å². The maximum absolute atomic E-state index is 11.9. The third kappa shape index (κ3) is 2.80. The van der Waals surface area contributed by atoms with E-state index in [0.717, 1.165) is 24.1 Å². The molecule has 0 spiro atoms. The number of nitrogens with one attached hydrogen (secondary N) is 1. The molecule has 1 heterocycles. The van der Waals surface area contributed by atoms with Gasteiger partial charge in [-0.05, 0) is 37.5 Å². The highest BCUT2D eigenvalue weighted by molar-refractivity contribution is 5.95. The summed E-state index contributed by atoms with van der Waals surface area (Å²) in [6.07, 6.45) is 3.79. The Kier molecular flexibility index (Phi) is 5.16. The van der Waals surface area contributed by atoms with Crippen molar-refractivity contribution in [3.63, 3.8) is 0 Å². The molecule has 0 aliphatic heterocycles. The van der Waals surface area contributed by atoms with Gasteiger partial charge in [0, 0.05) is 25.4 Å². The van der Waals surface area contributed by atoms with E-state index in [4.69, 9.17) is 0 Å². The number of carbonyl (C=O) groups is 1. The lowest BCUT2D eigenvalue weighted by atomic mass is 9.97. The standard InChI is InChI=1S/C16H24N2O/c1-7-11(4)12(8-2)13-10-15(16(19)17-5)18(6)14(13)9-3/h9-10H,3,7-8H2,1-2,4-6H3,(H,17,19)/b12-11+. The summed E-state index contributed by atoms with van der Waals surface area (Å²) < 4.78 is 1.90. The Bertz CT molecular complexity index is 521. The number of allylic oxidation sites excluding steroid dienone is 2. The van der Waals surface area contributed by atoms with E-state index in [-0.39, 0.29) is 5.91 Å². The largest absolute Gasteiger partial charge is 0.354 e. The Morgan fingerprint density at radius 2 is 2.05 bits per heavy atom. The van der Waals surface area contributed by atoms with Crippen LogP contribution in [0.5, 0.6) is 0 Å². The highest BCUT2D eigenvalue weighted by Crippen LogP contribution is 2.30. The molecule has 3 heteroatoms. The van der Waals surface area contributed by atoms with E-state index in [9.17, 15) is 4.79 Å². The number of nitrogens with zero attached hydrogens (tertiary/aromatic N) is 1. The van der Waals surface area contributed by atoms with Crippen LogP contribution in [-0.4, -0.2) is 17.5 Å². The van der Waals surface area contributed by atoms with Crippen molar-refractivity contribution in [1.29, 1.82) is 0 Å². The summed E-state index contributed by atoms with van der Waals surface area (Å²) in [4.78, 5) is 11.9. The van der Waals surface area contributed by atoms with Crippen molar-refractivity contribution < 1.29 is 4.79 Å². The lowest BCUT2D eigenvalue weighted by Crippen LogP contribution is -2.20. The van der Waals surface area contributed by atoms with Crippen molar-refractivity contribution in [1.82, 2.24) is 9.88 Å². The van der Waals surface area contributed by atoms with E-state index in [1.807, 2.05) is 23.8 Å². The Labute approximate surface area is 116 Å². The molecule has 0 aliphatic rings. The minimum Gasteiger partial charge on any atom is -0.354 e. The van der Waals surface area contributed by atoms with E-state index >= 15 is 0 Å². The van der Waals surface area contributed by atoms with Crippen LogP contribution in [0.3, 0.4) is 0 Å². The number of carbonyl (C=O) groups excluding carboxylic acids is 1. The molecule has 0 bridgehead atoms. The van der Waals surface area contributed by atoms with Crippen LogP contribution in [-0.2, 0) is 7.05 Å². The average molecular weight is 260 g/mol. The lowest BCUT2D eigenvalue weighted by molar-refractivity contribution is 0.0955. The zero-order valence-corrected chi connectivity index (χ0v) is 12.6. The second-order valence-electron chi connectivity index (χ2n) is 4.64. The highest BCUT2D eigenvalue weighted by Gasteiger charge is 2.17. The molecule has 3 nitrogen and oxygen atoms in total. The zero-order valence-electron chi connectivity index (χ0n) is 12.6. The van der Waals surface area contributed by atoms with Gasteiger partial charge in [0.2, 0.25) is 0 Å². The van der Waals surface area contributed by atoms with Gasteiger partial charge in [-0.25, -0.2) is 0 Å². The zero-order chi connectivity index (χ0) is 14.6. The molecular weight excluding hydrogens is 236 g/mol. The molecule has 0 fully saturated rings. The molecule has 1 amide bonds. The predicted molar refractivity (Wildman–Crippen MR) is 82.1 cm³/mol. The number of hydrogen-bond acceptors (Lipinski definition) is 1. The molecule has 0 atom stereocenters. The van der Waals surface area contributed by atoms with Crippen LogP contribution in [0.2, 0.25) is 0 Å². The quantitative estimate of drug-likeness (QED) is 0.862. The SMILES string of the molecule is C=Cc1c(/C(CC)=C(\C)CC)cc(C(=O)NC)n1C. The molecule has 1 aromatic heterocycles. The Morgan fingerprint density at radius 3 is 2.47 bits per heavy atom. The minimum absolute atomic E-state index is 0.0681. The Balaban J connectivity index is 3.52. The first-order valence-electron chi connectivity index (χ1n) is 6.74. The second-order valence-corrected chi connectivity index (χ2v) is 4.64. The summed E-state index contributed by atoms with van der Waals surface area (Å²) in [6.45, 7) is 10.3. The maximum Gasteiger partial charge on any atom is 0.267 e. The van der Waals surface area contributed by atoms with E-state index in [2.05, 4.69) is 32.7 Å². The average Bonchev–Trinajstić information content (AvgIpc) is 2.75. The molecule has 1 rings (SSSR count). The number of aromatic nitrogens is 1. The molecule has 0 radical (unpaired) electrons. The van der Waals surface area contributed by atoms with E-state index < -0.39 is 0 Å². The molecule has 104 valence electrons. The van der Waals surface area contributed by atoms with Crippen LogP contribution < -0.4 is 5.32 Å². The van der Waals surface area contributed by atoms with Crippen molar-refractivity contribution in [3.05, 3.63) is 35.2 Å². The highest BCUT2D eigenvalue weighted by atomic mass is 16.1. The first-order valence-corrected chi connectivity index (χ1v) is 6.74. The summed E-state index contributed by atoms with van der Waals surface area (Å²) in [5.74, 6) is -0.0681. The smallest absolute Gasteiger partial charge is 0.267 e.